The van der Waals surface area contributed by atoms with Crippen molar-refractivity contribution >= 4 is 11.3 Å². The molecule has 3 unspecified atom stereocenters. The van der Waals surface area contributed by atoms with Crippen molar-refractivity contribution in [3.63, 3.8) is 0 Å². The summed E-state index contributed by atoms with van der Waals surface area (Å²) in [5.41, 5.74) is 6.78. The lowest BCUT2D eigenvalue weighted by Gasteiger charge is -2.59. The van der Waals surface area contributed by atoms with Gasteiger partial charge in [0, 0.05) is 10.9 Å². The third kappa shape index (κ3) is 1.47. The van der Waals surface area contributed by atoms with Crippen molar-refractivity contribution in [1.29, 1.82) is 0 Å². The summed E-state index contributed by atoms with van der Waals surface area (Å²) in [6.45, 7) is 0. The second-order valence-electron chi connectivity index (χ2n) is 6.77. The Morgan fingerprint density at radius 1 is 1.28 bits per heavy atom. The van der Waals surface area contributed by atoms with Crippen LogP contribution < -0.4 is 5.73 Å². The normalized spacial score (nSPS) is 47.4. The molecule has 1 heterocycles. The molecule has 4 aliphatic carbocycles. The van der Waals surface area contributed by atoms with Gasteiger partial charge in [-0.05, 0) is 66.7 Å². The molecule has 0 saturated heterocycles. The van der Waals surface area contributed by atoms with Crippen molar-refractivity contribution in [2.24, 2.45) is 28.9 Å². The lowest BCUT2D eigenvalue weighted by atomic mass is 9.47. The molecule has 0 spiro atoms. The summed E-state index contributed by atoms with van der Waals surface area (Å²) < 4.78 is 14.2. The Kier molecular flexibility index (Phi) is 2.41. The van der Waals surface area contributed by atoms with Crippen LogP contribution in [0.2, 0.25) is 0 Å². The van der Waals surface area contributed by atoms with Gasteiger partial charge in [-0.2, -0.15) is 0 Å². The van der Waals surface area contributed by atoms with Crippen molar-refractivity contribution in [1.82, 2.24) is 0 Å². The summed E-state index contributed by atoms with van der Waals surface area (Å²) in [5.74, 6) is 1.37. The monoisotopic (exact) mass is 265 g/mol. The molecule has 4 saturated carbocycles. The van der Waals surface area contributed by atoms with E-state index in [0.29, 0.717) is 11.8 Å². The molecule has 1 aromatic heterocycles. The molecule has 4 fully saturated rings. The molecular weight excluding hydrogens is 245 g/mol. The van der Waals surface area contributed by atoms with E-state index in [0.717, 1.165) is 31.6 Å². The molecule has 1 aromatic rings. The van der Waals surface area contributed by atoms with Crippen molar-refractivity contribution in [3.8, 4) is 0 Å². The first kappa shape index (κ1) is 11.4. The van der Waals surface area contributed by atoms with E-state index in [1.54, 1.807) is 11.3 Å². The number of halogens is 1. The highest BCUT2D eigenvalue weighted by atomic mass is 32.1. The number of alkyl halides is 1. The molecule has 5 rings (SSSR count). The van der Waals surface area contributed by atoms with Crippen LogP contribution in [0, 0.1) is 23.2 Å². The molecule has 4 bridgehead atoms. The van der Waals surface area contributed by atoms with Crippen LogP contribution in [0.5, 0.6) is 0 Å². The molecule has 0 amide bonds. The van der Waals surface area contributed by atoms with Crippen LogP contribution in [0.15, 0.2) is 17.5 Å². The molecule has 1 nitrogen and oxygen atoms in total. The lowest BCUT2D eigenvalue weighted by molar-refractivity contribution is -0.115. The van der Waals surface area contributed by atoms with Gasteiger partial charge < -0.3 is 5.73 Å². The Labute approximate surface area is 112 Å². The maximum Gasteiger partial charge on any atom is 0.106 e. The second kappa shape index (κ2) is 3.80. The van der Waals surface area contributed by atoms with Crippen molar-refractivity contribution in [3.05, 3.63) is 22.4 Å². The Morgan fingerprint density at radius 3 is 2.61 bits per heavy atom. The summed E-state index contributed by atoms with van der Waals surface area (Å²) in [7, 11) is 0. The molecule has 3 heteroatoms. The van der Waals surface area contributed by atoms with E-state index in [2.05, 4.69) is 17.5 Å². The van der Waals surface area contributed by atoms with Gasteiger partial charge in [0.05, 0.1) is 0 Å². The summed E-state index contributed by atoms with van der Waals surface area (Å²) in [6.07, 6.45) is 5.00. The predicted molar refractivity (Wildman–Crippen MR) is 72.1 cm³/mol. The first-order valence-corrected chi connectivity index (χ1v) is 7.99. The van der Waals surface area contributed by atoms with Gasteiger partial charge in [-0.15, -0.1) is 11.3 Å². The van der Waals surface area contributed by atoms with E-state index in [4.69, 9.17) is 5.73 Å². The molecule has 0 aromatic carbocycles. The number of nitrogens with two attached hydrogens (primary N) is 1. The predicted octanol–water partition coefficient (Wildman–Crippen LogP) is 3.91. The summed E-state index contributed by atoms with van der Waals surface area (Å²) in [6, 6.07) is 4.37. The van der Waals surface area contributed by atoms with E-state index in [1.165, 1.54) is 11.3 Å². The summed E-state index contributed by atoms with van der Waals surface area (Å²) in [4.78, 5) is 1.30. The van der Waals surface area contributed by atoms with Crippen LogP contribution in [0.4, 0.5) is 4.39 Å². The fourth-order valence-electron chi connectivity index (χ4n) is 5.18. The highest BCUT2D eigenvalue weighted by Gasteiger charge is 2.57. The largest absolute Gasteiger partial charge is 0.323 e. The zero-order chi connectivity index (χ0) is 12.3. The standard InChI is InChI=1S/C15H20FNS/c16-13-10-4-9-5-11(13)8-15(6-9,7-10)14(17)12-2-1-3-18-12/h1-3,9-11,13-14H,4-8,17H2. The smallest absolute Gasteiger partial charge is 0.106 e. The Bertz CT molecular complexity index is 427. The molecule has 4 aliphatic rings. The molecule has 0 radical (unpaired) electrons. The number of thiophene rings is 1. The van der Waals surface area contributed by atoms with Crippen LogP contribution in [0.3, 0.4) is 0 Å². The quantitative estimate of drug-likeness (QED) is 0.862. The van der Waals surface area contributed by atoms with Crippen LogP contribution >= 0.6 is 11.3 Å². The van der Waals surface area contributed by atoms with Gasteiger partial charge in [-0.25, -0.2) is 4.39 Å². The molecule has 98 valence electrons. The average Bonchev–Trinajstić information content (AvgIpc) is 2.87. The maximum atomic E-state index is 14.2. The van der Waals surface area contributed by atoms with Gasteiger partial charge in [0.15, 0.2) is 0 Å². The van der Waals surface area contributed by atoms with Crippen LogP contribution in [0.1, 0.15) is 43.0 Å². The minimum atomic E-state index is -0.537. The first-order valence-electron chi connectivity index (χ1n) is 7.11. The van der Waals surface area contributed by atoms with Gasteiger partial charge in [0.25, 0.3) is 0 Å². The Morgan fingerprint density at radius 2 is 2.00 bits per heavy atom. The zero-order valence-electron chi connectivity index (χ0n) is 10.5. The van der Waals surface area contributed by atoms with Crippen molar-refractivity contribution in [2.75, 3.05) is 0 Å². The Hall–Kier alpha value is -0.410. The first-order chi connectivity index (χ1) is 8.68. The molecule has 18 heavy (non-hydrogen) atoms. The van der Waals surface area contributed by atoms with E-state index >= 15 is 0 Å². The van der Waals surface area contributed by atoms with Gasteiger partial charge in [0.1, 0.15) is 6.17 Å². The van der Waals surface area contributed by atoms with Crippen LogP contribution in [-0.2, 0) is 0 Å². The van der Waals surface area contributed by atoms with Gasteiger partial charge in [0.2, 0.25) is 0 Å². The van der Waals surface area contributed by atoms with Crippen molar-refractivity contribution < 1.29 is 4.39 Å². The van der Waals surface area contributed by atoms with Gasteiger partial charge in [-0.1, -0.05) is 6.07 Å². The highest BCUT2D eigenvalue weighted by Crippen LogP contribution is 2.64. The second-order valence-corrected chi connectivity index (χ2v) is 7.75. The fourth-order valence-corrected chi connectivity index (χ4v) is 6.04. The minimum Gasteiger partial charge on any atom is -0.323 e. The molecule has 3 atom stereocenters. The summed E-state index contributed by atoms with van der Waals surface area (Å²) >= 11 is 1.76. The van der Waals surface area contributed by atoms with E-state index < -0.39 is 6.17 Å². The molecule has 2 N–H and O–H groups in total. The zero-order valence-corrected chi connectivity index (χ0v) is 11.3. The number of rotatable bonds is 2. The lowest BCUT2D eigenvalue weighted by Crippen LogP contribution is -2.55. The van der Waals surface area contributed by atoms with Gasteiger partial charge >= 0.3 is 0 Å². The summed E-state index contributed by atoms with van der Waals surface area (Å²) in [5, 5.41) is 2.10. The van der Waals surface area contributed by atoms with Crippen molar-refractivity contribution in [2.45, 2.75) is 44.3 Å². The maximum absolute atomic E-state index is 14.2. The fraction of sp³-hybridized carbons (Fsp3) is 0.733. The average molecular weight is 265 g/mol. The van der Waals surface area contributed by atoms with E-state index in [-0.39, 0.29) is 11.5 Å². The third-order valence-corrected chi connectivity index (χ3v) is 6.67. The third-order valence-electron chi connectivity index (χ3n) is 5.71. The van der Waals surface area contributed by atoms with Crippen LogP contribution in [-0.4, -0.2) is 6.17 Å². The van der Waals surface area contributed by atoms with Crippen LogP contribution in [0.25, 0.3) is 0 Å². The Balaban J connectivity index is 1.68. The number of hydrogen-bond acceptors (Lipinski definition) is 2. The molecule has 0 aliphatic heterocycles. The van der Waals surface area contributed by atoms with E-state index in [9.17, 15) is 4.39 Å². The van der Waals surface area contributed by atoms with Gasteiger partial charge in [-0.3, -0.25) is 0 Å². The van der Waals surface area contributed by atoms with E-state index in [1.807, 2.05) is 0 Å². The highest BCUT2D eigenvalue weighted by molar-refractivity contribution is 7.10. The molecular formula is C15H20FNS. The SMILES string of the molecule is NC(c1cccs1)C12CC3CC(C1)C(F)C(C3)C2. The number of hydrogen-bond donors (Lipinski definition) is 1. The minimum absolute atomic E-state index is 0.137. The topological polar surface area (TPSA) is 26.0 Å².